The van der Waals surface area contributed by atoms with E-state index >= 15 is 0 Å². The predicted molar refractivity (Wildman–Crippen MR) is 98.8 cm³/mol. The summed E-state index contributed by atoms with van der Waals surface area (Å²) in [6, 6.07) is 16.2. The van der Waals surface area contributed by atoms with Crippen molar-refractivity contribution in [1.29, 1.82) is 0 Å². The maximum absolute atomic E-state index is 8.84. The monoisotopic (exact) mass is 340 g/mol. The van der Waals surface area contributed by atoms with Crippen molar-refractivity contribution in [2.45, 2.75) is 12.3 Å². The minimum absolute atomic E-state index is 0.213. The van der Waals surface area contributed by atoms with E-state index in [-0.39, 0.29) is 6.61 Å². The number of aromatic nitrogens is 3. The van der Waals surface area contributed by atoms with Crippen LogP contribution in [0.4, 0.5) is 5.82 Å². The zero-order valence-electron chi connectivity index (χ0n) is 13.3. The van der Waals surface area contributed by atoms with Gasteiger partial charge in [-0.3, -0.25) is 5.10 Å². The number of nitrogens with one attached hydrogen (secondary N) is 2. The van der Waals surface area contributed by atoms with Gasteiger partial charge in [0.15, 0.2) is 0 Å². The average Bonchev–Trinajstić information content (AvgIpc) is 3.10. The molecule has 0 saturated carbocycles. The van der Waals surface area contributed by atoms with Gasteiger partial charge in [0.25, 0.3) is 0 Å². The number of nitrogens with zero attached hydrogens (tertiary/aromatic N) is 2. The summed E-state index contributed by atoms with van der Waals surface area (Å²) in [6.45, 7) is 0.852. The Bertz CT molecular complexity index is 760. The van der Waals surface area contributed by atoms with Crippen LogP contribution in [0, 0.1) is 0 Å². The van der Waals surface area contributed by atoms with Crippen LogP contribution in [0.15, 0.2) is 54.7 Å². The normalized spacial score (nSPS) is 10.7. The van der Waals surface area contributed by atoms with Crippen LogP contribution in [-0.2, 0) is 12.3 Å². The molecule has 2 aromatic heterocycles. The quantitative estimate of drug-likeness (QED) is 0.549. The molecule has 3 aromatic rings. The number of hydrogen-bond acceptors (Lipinski definition) is 5. The van der Waals surface area contributed by atoms with Crippen LogP contribution in [0.2, 0.25) is 0 Å². The van der Waals surface area contributed by atoms with Gasteiger partial charge in [-0.25, -0.2) is 4.98 Å². The van der Waals surface area contributed by atoms with Gasteiger partial charge in [0.2, 0.25) is 0 Å². The molecule has 2 heterocycles. The number of benzene rings is 1. The Morgan fingerprint density at radius 1 is 1.12 bits per heavy atom. The summed E-state index contributed by atoms with van der Waals surface area (Å²) in [4.78, 5) is 4.34. The number of rotatable bonds is 8. The molecule has 0 atom stereocenters. The minimum Gasteiger partial charge on any atom is -0.396 e. The second-order valence-electron chi connectivity index (χ2n) is 5.32. The Labute approximate surface area is 145 Å². The predicted octanol–water partition coefficient (Wildman–Crippen LogP) is 3.31. The fourth-order valence-corrected chi connectivity index (χ4v) is 3.00. The van der Waals surface area contributed by atoms with Crippen LogP contribution >= 0.6 is 11.8 Å². The van der Waals surface area contributed by atoms with Crippen molar-refractivity contribution in [2.24, 2.45) is 0 Å². The van der Waals surface area contributed by atoms with Gasteiger partial charge < -0.3 is 10.4 Å². The first kappa shape index (κ1) is 16.5. The summed E-state index contributed by atoms with van der Waals surface area (Å²) in [5.41, 5.74) is 4.24. The SMILES string of the molecule is OCCSCc1ccnc(NCc2cc(-c3ccccc3)n[nH]2)c1. The van der Waals surface area contributed by atoms with E-state index in [1.54, 1.807) is 18.0 Å². The van der Waals surface area contributed by atoms with E-state index in [9.17, 15) is 0 Å². The van der Waals surface area contributed by atoms with Crippen LogP contribution in [0.3, 0.4) is 0 Å². The first-order valence-electron chi connectivity index (χ1n) is 7.82. The van der Waals surface area contributed by atoms with Gasteiger partial charge in [-0.1, -0.05) is 30.3 Å². The van der Waals surface area contributed by atoms with Crippen molar-refractivity contribution in [3.8, 4) is 11.3 Å². The molecule has 3 rings (SSSR count). The molecular formula is C18H20N4OS. The van der Waals surface area contributed by atoms with E-state index in [1.807, 2.05) is 48.5 Å². The Morgan fingerprint density at radius 2 is 2.00 bits per heavy atom. The first-order chi connectivity index (χ1) is 11.8. The molecule has 124 valence electrons. The fourth-order valence-electron chi connectivity index (χ4n) is 2.31. The highest BCUT2D eigenvalue weighted by molar-refractivity contribution is 7.98. The third-order valence-corrected chi connectivity index (χ3v) is 4.50. The van der Waals surface area contributed by atoms with Gasteiger partial charge in [0.1, 0.15) is 5.82 Å². The Hall–Kier alpha value is -2.31. The molecule has 0 aliphatic carbocycles. The average molecular weight is 340 g/mol. The molecule has 0 aliphatic rings. The molecule has 0 saturated heterocycles. The highest BCUT2D eigenvalue weighted by atomic mass is 32.2. The molecule has 0 radical (unpaired) electrons. The van der Waals surface area contributed by atoms with Gasteiger partial charge in [-0.05, 0) is 23.8 Å². The maximum atomic E-state index is 8.84. The molecule has 3 N–H and O–H groups in total. The Balaban J connectivity index is 1.58. The van der Waals surface area contributed by atoms with Crippen molar-refractivity contribution in [2.75, 3.05) is 17.7 Å². The topological polar surface area (TPSA) is 73.8 Å². The zero-order valence-corrected chi connectivity index (χ0v) is 14.1. The number of H-pyrrole nitrogens is 1. The third kappa shape index (κ3) is 4.59. The van der Waals surface area contributed by atoms with E-state index < -0.39 is 0 Å². The first-order valence-corrected chi connectivity index (χ1v) is 8.98. The largest absolute Gasteiger partial charge is 0.396 e. The molecule has 0 spiro atoms. The van der Waals surface area contributed by atoms with Gasteiger partial charge in [-0.15, -0.1) is 0 Å². The van der Waals surface area contributed by atoms with Crippen LogP contribution in [0.1, 0.15) is 11.3 Å². The maximum Gasteiger partial charge on any atom is 0.126 e. The molecule has 0 aliphatic heterocycles. The smallest absolute Gasteiger partial charge is 0.126 e. The molecule has 6 heteroatoms. The molecule has 1 aromatic carbocycles. The minimum atomic E-state index is 0.213. The zero-order chi connectivity index (χ0) is 16.6. The summed E-state index contributed by atoms with van der Waals surface area (Å²) >= 11 is 1.71. The van der Waals surface area contributed by atoms with Crippen molar-refractivity contribution in [3.63, 3.8) is 0 Å². The van der Waals surface area contributed by atoms with Gasteiger partial charge >= 0.3 is 0 Å². The Morgan fingerprint density at radius 3 is 2.83 bits per heavy atom. The summed E-state index contributed by atoms with van der Waals surface area (Å²) in [6.07, 6.45) is 1.81. The molecule has 5 nitrogen and oxygen atoms in total. The van der Waals surface area contributed by atoms with Gasteiger partial charge in [-0.2, -0.15) is 16.9 Å². The van der Waals surface area contributed by atoms with Gasteiger partial charge in [0.05, 0.1) is 24.5 Å². The lowest BCUT2D eigenvalue weighted by Gasteiger charge is -2.06. The summed E-state index contributed by atoms with van der Waals surface area (Å²) in [5, 5.41) is 19.6. The second-order valence-corrected chi connectivity index (χ2v) is 6.43. The van der Waals surface area contributed by atoms with E-state index in [0.29, 0.717) is 6.54 Å². The van der Waals surface area contributed by atoms with Crippen LogP contribution in [-0.4, -0.2) is 32.6 Å². The highest BCUT2D eigenvalue weighted by Crippen LogP contribution is 2.18. The fraction of sp³-hybridized carbons (Fsp3) is 0.222. The number of anilines is 1. The lowest BCUT2D eigenvalue weighted by atomic mass is 10.1. The van der Waals surface area contributed by atoms with Crippen molar-refractivity contribution >= 4 is 17.6 Å². The molecule has 0 amide bonds. The summed E-state index contributed by atoms with van der Waals surface area (Å²) < 4.78 is 0. The lowest BCUT2D eigenvalue weighted by Crippen LogP contribution is -2.02. The second kappa shape index (κ2) is 8.52. The van der Waals surface area contributed by atoms with Crippen LogP contribution < -0.4 is 5.32 Å². The van der Waals surface area contributed by atoms with Crippen molar-refractivity contribution in [1.82, 2.24) is 15.2 Å². The van der Waals surface area contributed by atoms with E-state index in [2.05, 4.69) is 20.5 Å². The van der Waals surface area contributed by atoms with Crippen LogP contribution in [0.25, 0.3) is 11.3 Å². The summed E-state index contributed by atoms with van der Waals surface area (Å²) in [5.74, 6) is 2.47. The van der Waals surface area contributed by atoms with Crippen LogP contribution in [0.5, 0.6) is 0 Å². The molecule has 0 bridgehead atoms. The van der Waals surface area contributed by atoms with E-state index in [4.69, 9.17) is 5.11 Å². The van der Waals surface area contributed by atoms with E-state index in [0.717, 1.165) is 34.3 Å². The number of hydrogen-bond donors (Lipinski definition) is 3. The van der Waals surface area contributed by atoms with Crippen molar-refractivity contribution in [3.05, 3.63) is 66.0 Å². The van der Waals surface area contributed by atoms with Gasteiger partial charge in [0, 0.05) is 23.3 Å². The molecule has 0 unspecified atom stereocenters. The number of aliphatic hydroxyl groups excluding tert-OH is 1. The van der Waals surface area contributed by atoms with E-state index in [1.165, 1.54) is 5.56 Å². The third-order valence-electron chi connectivity index (χ3n) is 3.49. The standard InChI is InChI=1S/C18H20N4OS/c23-8-9-24-13-14-6-7-19-18(10-14)20-12-16-11-17(22-21-16)15-4-2-1-3-5-15/h1-7,10-11,23H,8-9,12-13H2,(H,19,20)(H,21,22). The number of aromatic amines is 1. The molecule has 24 heavy (non-hydrogen) atoms. The highest BCUT2D eigenvalue weighted by Gasteiger charge is 2.04. The number of aliphatic hydroxyl groups is 1. The summed E-state index contributed by atoms with van der Waals surface area (Å²) in [7, 11) is 0. The molecule has 0 fully saturated rings. The van der Waals surface area contributed by atoms with Crippen molar-refractivity contribution < 1.29 is 5.11 Å². The lowest BCUT2D eigenvalue weighted by molar-refractivity contribution is 0.322. The number of thioether (sulfide) groups is 1. The Kier molecular flexibility index (Phi) is 5.87. The molecular weight excluding hydrogens is 320 g/mol. The number of pyridine rings is 1.